The number of aromatic nitrogens is 1. The summed E-state index contributed by atoms with van der Waals surface area (Å²) in [6, 6.07) is 1.76. The third-order valence-corrected chi connectivity index (χ3v) is 3.43. The Morgan fingerprint density at radius 3 is 2.81 bits per heavy atom. The summed E-state index contributed by atoms with van der Waals surface area (Å²) in [6.07, 6.45) is 2.61. The maximum absolute atomic E-state index is 12.3. The van der Waals surface area contributed by atoms with Gasteiger partial charge < -0.3 is 19.5 Å². The van der Waals surface area contributed by atoms with Crippen molar-refractivity contribution in [2.24, 2.45) is 0 Å². The first kappa shape index (κ1) is 17.7. The number of methoxy groups -OCH3 is 1. The highest BCUT2D eigenvalue weighted by Crippen LogP contribution is 2.16. The van der Waals surface area contributed by atoms with Crippen molar-refractivity contribution in [3.8, 4) is 0 Å². The Morgan fingerprint density at radius 1 is 1.48 bits per heavy atom. The van der Waals surface area contributed by atoms with Gasteiger partial charge in [0.1, 0.15) is 5.69 Å². The van der Waals surface area contributed by atoms with E-state index in [1.165, 1.54) is 4.90 Å². The van der Waals surface area contributed by atoms with Gasteiger partial charge in [0.05, 0.1) is 6.54 Å². The third-order valence-electron chi connectivity index (χ3n) is 3.00. The quantitative estimate of drug-likeness (QED) is 0.715. The molecular formula is C14H22BrN3O3. The molecule has 0 saturated carbocycles. The molecule has 2 amide bonds. The van der Waals surface area contributed by atoms with Crippen LogP contribution < -0.4 is 5.32 Å². The summed E-state index contributed by atoms with van der Waals surface area (Å²) in [5.41, 5.74) is 0.569. The van der Waals surface area contributed by atoms with Crippen LogP contribution in [0.5, 0.6) is 0 Å². The van der Waals surface area contributed by atoms with Crippen molar-refractivity contribution in [3.63, 3.8) is 0 Å². The van der Waals surface area contributed by atoms with Crippen LogP contribution in [0, 0.1) is 0 Å². The van der Waals surface area contributed by atoms with E-state index in [0.29, 0.717) is 25.4 Å². The van der Waals surface area contributed by atoms with E-state index in [1.807, 2.05) is 17.7 Å². The normalized spacial score (nSPS) is 10.5. The van der Waals surface area contributed by atoms with E-state index in [4.69, 9.17) is 4.74 Å². The lowest BCUT2D eigenvalue weighted by Crippen LogP contribution is -2.39. The van der Waals surface area contributed by atoms with Gasteiger partial charge in [0, 0.05) is 44.5 Å². The molecular weight excluding hydrogens is 338 g/mol. The van der Waals surface area contributed by atoms with Gasteiger partial charge in [0.25, 0.3) is 5.91 Å². The molecule has 0 spiro atoms. The Hall–Kier alpha value is -1.34. The van der Waals surface area contributed by atoms with Crippen LogP contribution in [-0.2, 0) is 16.1 Å². The van der Waals surface area contributed by atoms with E-state index >= 15 is 0 Å². The number of hydrogen-bond acceptors (Lipinski definition) is 3. The average molecular weight is 360 g/mol. The second-order valence-corrected chi connectivity index (χ2v) is 5.60. The zero-order valence-electron chi connectivity index (χ0n) is 12.7. The molecule has 21 heavy (non-hydrogen) atoms. The lowest BCUT2D eigenvalue weighted by molar-refractivity contribution is -0.121. The first-order valence-corrected chi connectivity index (χ1v) is 7.65. The van der Waals surface area contributed by atoms with Gasteiger partial charge in [-0.05, 0) is 35.3 Å². The molecule has 0 saturated heterocycles. The van der Waals surface area contributed by atoms with Crippen molar-refractivity contribution >= 4 is 27.7 Å². The zero-order valence-corrected chi connectivity index (χ0v) is 14.3. The van der Waals surface area contributed by atoms with Gasteiger partial charge in [0.2, 0.25) is 5.91 Å². The fraction of sp³-hybridized carbons (Fsp3) is 0.571. The highest BCUT2D eigenvalue weighted by atomic mass is 79.9. The summed E-state index contributed by atoms with van der Waals surface area (Å²) in [5.74, 6) is -0.342. The van der Waals surface area contributed by atoms with Crippen molar-refractivity contribution < 1.29 is 14.3 Å². The van der Waals surface area contributed by atoms with Gasteiger partial charge in [-0.2, -0.15) is 0 Å². The molecule has 1 heterocycles. The molecule has 0 aromatic carbocycles. The van der Waals surface area contributed by atoms with Crippen molar-refractivity contribution in [1.29, 1.82) is 0 Å². The van der Waals surface area contributed by atoms with E-state index in [2.05, 4.69) is 21.2 Å². The molecule has 0 aliphatic carbocycles. The molecule has 6 nitrogen and oxygen atoms in total. The number of likely N-dealkylation sites (N-methyl/N-ethyl adjacent to an activating group) is 1. The van der Waals surface area contributed by atoms with Gasteiger partial charge in [-0.25, -0.2) is 0 Å². The summed E-state index contributed by atoms with van der Waals surface area (Å²) in [5, 5.41) is 2.76. The molecule has 1 aromatic rings. The van der Waals surface area contributed by atoms with E-state index in [-0.39, 0.29) is 18.4 Å². The largest absolute Gasteiger partial charge is 0.385 e. The third kappa shape index (κ3) is 5.51. The Kier molecular flexibility index (Phi) is 7.45. The number of carbonyl (C=O) groups excluding carboxylic acids is 2. The van der Waals surface area contributed by atoms with Gasteiger partial charge >= 0.3 is 0 Å². The molecule has 0 radical (unpaired) electrons. The van der Waals surface area contributed by atoms with Crippen molar-refractivity contribution in [3.05, 3.63) is 22.4 Å². The van der Waals surface area contributed by atoms with Crippen LogP contribution in [0.2, 0.25) is 0 Å². The number of ether oxygens (including phenoxy) is 1. The Morgan fingerprint density at radius 2 is 2.19 bits per heavy atom. The predicted octanol–water partition coefficient (Wildman–Crippen LogP) is 1.50. The first-order chi connectivity index (χ1) is 9.99. The molecule has 0 fully saturated rings. The molecule has 7 heteroatoms. The Balaban J connectivity index is 2.52. The standard InChI is InChI=1S/C14H22BrN3O3/c1-4-18-9-11(15)8-12(18)14(20)17(2)10-13(19)16-6-5-7-21-3/h8-9H,4-7,10H2,1-3H3,(H,16,19). The minimum Gasteiger partial charge on any atom is -0.385 e. The van der Waals surface area contributed by atoms with Crippen LogP contribution in [0.25, 0.3) is 0 Å². The van der Waals surface area contributed by atoms with E-state index in [1.54, 1.807) is 20.2 Å². The van der Waals surface area contributed by atoms with E-state index < -0.39 is 0 Å². The molecule has 1 N–H and O–H groups in total. The summed E-state index contributed by atoms with van der Waals surface area (Å²) in [7, 11) is 3.24. The summed E-state index contributed by atoms with van der Waals surface area (Å²) < 4.78 is 7.60. The number of amides is 2. The fourth-order valence-electron chi connectivity index (χ4n) is 1.90. The maximum Gasteiger partial charge on any atom is 0.270 e. The number of halogens is 1. The lowest BCUT2D eigenvalue weighted by Gasteiger charge is -2.17. The minimum atomic E-state index is -0.172. The van der Waals surface area contributed by atoms with Crippen LogP contribution in [-0.4, -0.2) is 55.1 Å². The molecule has 0 unspecified atom stereocenters. The molecule has 0 aliphatic heterocycles. The van der Waals surface area contributed by atoms with Crippen LogP contribution >= 0.6 is 15.9 Å². The van der Waals surface area contributed by atoms with Gasteiger partial charge in [-0.15, -0.1) is 0 Å². The molecule has 0 bridgehead atoms. The number of nitrogens with zero attached hydrogens (tertiary/aromatic N) is 2. The first-order valence-electron chi connectivity index (χ1n) is 6.86. The second kappa shape index (κ2) is 8.84. The number of rotatable bonds is 8. The zero-order chi connectivity index (χ0) is 15.8. The van der Waals surface area contributed by atoms with Gasteiger partial charge in [-0.3, -0.25) is 9.59 Å². The summed E-state index contributed by atoms with van der Waals surface area (Å²) >= 11 is 3.36. The minimum absolute atomic E-state index is 0.0400. The van der Waals surface area contributed by atoms with E-state index in [0.717, 1.165) is 10.9 Å². The number of nitrogens with one attached hydrogen (secondary N) is 1. The summed E-state index contributed by atoms with van der Waals surface area (Å²) in [4.78, 5) is 25.5. The number of aryl methyl sites for hydroxylation is 1. The average Bonchev–Trinajstić information content (AvgIpc) is 2.83. The van der Waals surface area contributed by atoms with Crippen LogP contribution in [0.4, 0.5) is 0 Å². The second-order valence-electron chi connectivity index (χ2n) is 4.69. The number of hydrogen-bond donors (Lipinski definition) is 1. The van der Waals surface area contributed by atoms with Crippen LogP contribution in [0.3, 0.4) is 0 Å². The fourth-order valence-corrected chi connectivity index (χ4v) is 2.36. The van der Waals surface area contributed by atoms with E-state index in [9.17, 15) is 9.59 Å². The molecule has 118 valence electrons. The molecule has 0 aliphatic rings. The van der Waals surface area contributed by atoms with Gasteiger partial charge in [0.15, 0.2) is 0 Å². The smallest absolute Gasteiger partial charge is 0.270 e. The summed E-state index contributed by atoms with van der Waals surface area (Å²) in [6.45, 7) is 3.85. The van der Waals surface area contributed by atoms with Crippen LogP contribution in [0.1, 0.15) is 23.8 Å². The molecule has 0 atom stereocenters. The lowest BCUT2D eigenvalue weighted by atomic mass is 10.3. The number of carbonyl (C=O) groups is 2. The molecule has 1 aromatic heterocycles. The SMILES string of the molecule is CCn1cc(Br)cc1C(=O)N(C)CC(=O)NCCCOC. The topological polar surface area (TPSA) is 63.6 Å². The predicted molar refractivity (Wildman–Crippen MR) is 84.3 cm³/mol. The highest BCUT2D eigenvalue weighted by molar-refractivity contribution is 9.10. The van der Waals surface area contributed by atoms with Gasteiger partial charge in [-0.1, -0.05) is 0 Å². The Labute approximate surface area is 133 Å². The van der Waals surface area contributed by atoms with Crippen molar-refractivity contribution in [2.45, 2.75) is 19.9 Å². The monoisotopic (exact) mass is 359 g/mol. The Bertz CT molecular complexity index is 488. The maximum atomic E-state index is 12.3. The van der Waals surface area contributed by atoms with Crippen LogP contribution in [0.15, 0.2) is 16.7 Å². The highest BCUT2D eigenvalue weighted by Gasteiger charge is 2.18. The van der Waals surface area contributed by atoms with Crippen molar-refractivity contribution in [1.82, 2.24) is 14.8 Å². The van der Waals surface area contributed by atoms with Crippen molar-refractivity contribution in [2.75, 3.05) is 33.9 Å². The molecule has 1 rings (SSSR count).